The molecule has 2 rings (SSSR count). The average molecular weight is 332 g/mol. The SMILES string of the molecule is COC(=O)/C=C/C(=O)NCc1nnc2n1CCC(C(F)(F)F)C2. The van der Waals surface area contributed by atoms with Gasteiger partial charge in [0.1, 0.15) is 5.82 Å². The van der Waals surface area contributed by atoms with Gasteiger partial charge in [0.2, 0.25) is 5.91 Å². The first-order valence-electron chi connectivity index (χ1n) is 6.82. The third-order valence-corrected chi connectivity index (χ3v) is 3.49. The van der Waals surface area contributed by atoms with Crippen LogP contribution in [-0.2, 0) is 33.8 Å². The van der Waals surface area contributed by atoms with Crippen molar-refractivity contribution in [1.29, 1.82) is 0 Å². The number of fused-ring (bicyclic) bond motifs is 1. The van der Waals surface area contributed by atoms with Crippen LogP contribution in [0.3, 0.4) is 0 Å². The smallest absolute Gasteiger partial charge is 0.392 e. The van der Waals surface area contributed by atoms with Gasteiger partial charge in [-0.3, -0.25) is 4.79 Å². The molecule has 0 saturated heterocycles. The zero-order valence-corrected chi connectivity index (χ0v) is 12.3. The van der Waals surface area contributed by atoms with Crippen LogP contribution in [-0.4, -0.2) is 39.9 Å². The number of halogens is 3. The molecular weight excluding hydrogens is 317 g/mol. The molecule has 1 atom stereocenters. The molecule has 23 heavy (non-hydrogen) atoms. The molecule has 1 unspecified atom stereocenters. The fourth-order valence-electron chi connectivity index (χ4n) is 2.24. The van der Waals surface area contributed by atoms with E-state index in [2.05, 4.69) is 20.3 Å². The van der Waals surface area contributed by atoms with Gasteiger partial charge in [-0.25, -0.2) is 4.79 Å². The summed E-state index contributed by atoms with van der Waals surface area (Å²) in [6.45, 7) is 0.156. The maximum Gasteiger partial charge on any atom is 0.392 e. The van der Waals surface area contributed by atoms with E-state index in [4.69, 9.17) is 0 Å². The Morgan fingerprint density at radius 2 is 2.13 bits per heavy atom. The van der Waals surface area contributed by atoms with E-state index >= 15 is 0 Å². The van der Waals surface area contributed by atoms with Gasteiger partial charge in [0, 0.05) is 25.1 Å². The van der Waals surface area contributed by atoms with E-state index in [0.29, 0.717) is 5.82 Å². The summed E-state index contributed by atoms with van der Waals surface area (Å²) >= 11 is 0. The summed E-state index contributed by atoms with van der Waals surface area (Å²) in [4.78, 5) is 22.3. The van der Waals surface area contributed by atoms with Gasteiger partial charge in [0.25, 0.3) is 0 Å². The van der Waals surface area contributed by atoms with Crippen molar-refractivity contribution in [2.45, 2.75) is 32.1 Å². The van der Waals surface area contributed by atoms with Crippen LogP contribution in [0.5, 0.6) is 0 Å². The number of carbonyl (C=O) groups excluding carboxylic acids is 2. The number of esters is 1. The van der Waals surface area contributed by atoms with Crippen LogP contribution in [0.25, 0.3) is 0 Å². The van der Waals surface area contributed by atoms with Crippen molar-refractivity contribution in [3.63, 3.8) is 0 Å². The number of hydrogen-bond acceptors (Lipinski definition) is 5. The molecule has 2 heterocycles. The summed E-state index contributed by atoms with van der Waals surface area (Å²) in [5.74, 6) is -1.99. The Labute approximate surface area is 129 Å². The molecule has 0 saturated carbocycles. The van der Waals surface area contributed by atoms with Crippen molar-refractivity contribution in [2.24, 2.45) is 5.92 Å². The lowest BCUT2D eigenvalue weighted by Crippen LogP contribution is -2.32. The molecule has 0 fully saturated rings. The van der Waals surface area contributed by atoms with E-state index < -0.39 is 24.0 Å². The quantitative estimate of drug-likeness (QED) is 0.649. The summed E-state index contributed by atoms with van der Waals surface area (Å²) in [5, 5.41) is 10.0. The van der Waals surface area contributed by atoms with Gasteiger partial charge in [0.05, 0.1) is 19.6 Å². The Hall–Kier alpha value is -2.39. The van der Waals surface area contributed by atoms with Crippen molar-refractivity contribution < 1.29 is 27.5 Å². The monoisotopic (exact) mass is 332 g/mol. The Morgan fingerprint density at radius 3 is 2.78 bits per heavy atom. The molecule has 1 amide bonds. The number of aromatic nitrogens is 3. The predicted octanol–water partition coefficient (Wildman–Crippen LogP) is 0.748. The minimum absolute atomic E-state index is 0.00797. The van der Waals surface area contributed by atoms with Gasteiger partial charge in [-0.15, -0.1) is 10.2 Å². The Kier molecular flexibility index (Phi) is 5.02. The lowest BCUT2D eigenvalue weighted by atomic mass is 9.97. The highest BCUT2D eigenvalue weighted by Crippen LogP contribution is 2.34. The van der Waals surface area contributed by atoms with Gasteiger partial charge in [-0.2, -0.15) is 13.2 Å². The third kappa shape index (κ3) is 4.30. The molecule has 0 radical (unpaired) electrons. The van der Waals surface area contributed by atoms with Crippen LogP contribution < -0.4 is 5.32 Å². The number of nitrogens with one attached hydrogen (secondary N) is 1. The van der Waals surface area contributed by atoms with E-state index in [0.717, 1.165) is 12.2 Å². The summed E-state index contributed by atoms with van der Waals surface area (Å²) in [6.07, 6.45) is -2.55. The highest BCUT2D eigenvalue weighted by Gasteiger charge is 2.42. The van der Waals surface area contributed by atoms with E-state index in [-0.39, 0.29) is 31.8 Å². The first-order chi connectivity index (χ1) is 10.8. The Bertz CT molecular complexity index is 624. The van der Waals surface area contributed by atoms with Crippen molar-refractivity contribution in [2.75, 3.05) is 7.11 Å². The molecule has 0 aromatic carbocycles. The minimum Gasteiger partial charge on any atom is -0.466 e. The average Bonchev–Trinajstić information content (AvgIpc) is 2.92. The number of rotatable bonds is 4. The second kappa shape index (κ2) is 6.80. The first kappa shape index (κ1) is 17.0. The number of carbonyl (C=O) groups is 2. The van der Waals surface area contributed by atoms with E-state index in [1.165, 1.54) is 7.11 Å². The van der Waals surface area contributed by atoms with E-state index in [9.17, 15) is 22.8 Å². The number of nitrogens with zero attached hydrogens (tertiary/aromatic N) is 3. The maximum absolute atomic E-state index is 12.7. The van der Waals surface area contributed by atoms with Crippen LogP contribution in [0.4, 0.5) is 13.2 Å². The van der Waals surface area contributed by atoms with E-state index in [1.54, 1.807) is 4.57 Å². The van der Waals surface area contributed by atoms with Crippen molar-refractivity contribution in [1.82, 2.24) is 20.1 Å². The van der Waals surface area contributed by atoms with Crippen LogP contribution in [0.15, 0.2) is 12.2 Å². The fraction of sp³-hybridized carbons (Fsp3) is 0.538. The topological polar surface area (TPSA) is 86.1 Å². The molecule has 1 aliphatic heterocycles. The van der Waals surface area contributed by atoms with Gasteiger partial charge < -0.3 is 14.6 Å². The van der Waals surface area contributed by atoms with Crippen molar-refractivity contribution in [3.8, 4) is 0 Å². The zero-order chi connectivity index (χ0) is 17.0. The molecule has 0 aliphatic carbocycles. The molecule has 1 aliphatic rings. The lowest BCUT2D eigenvalue weighted by molar-refractivity contribution is -0.179. The van der Waals surface area contributed by atoms with Gasteiger partial charge in [0.15, 0.2) is 5.82 Å². The second-order valence-corrected chi connectivity index (χ2v) is 4.99. The summed E-state index contributed by atoms with van der Waals surface area (Å²) < 4.78 is 44.1. The van der Waals surface area contributed by atoms with Crippen LogP contribution in [0, 0.1) is 5.92 Å². The first-order valence-corrected chi connectivity index (χ1v) is 6.82. The van der Waals surface area contributed by atoms with Gasteiger partial charge >= 0.3 is 12.1 Å². The van der Waals surface area contributed by atoms with Gasteiger partial charge in [-0.05, 0) is 6.42 Å². The summed E-state index contributed by atoms with van der Waals surface area (Å²) in [7, 11) is 1.18. The molecule has 1 aromatic heterocycles. The van der Waals surface area contributed by atoms with E-state index in [1.807, 2.05) is 0 Å². The van der Waals surface area contributed by atoms with Gasteiger partial charge in [-0.1, -0.05) is 0 Å². The standard InChI is InChI=1S/C13H15F3N4O3/c1-23-12(22)3-2-11(21)17-7-10-19-18-9-6-8(13(14,15)16)4-5-20(9)10/h2-3,8H,4-7H2,1H3,(H,17,21)/b3-2+. The predicted molar refractivity (Wildman–Crippen MR) is 70.9 cm³/mol. The number of alkyl halides is 3. The van der Waals surface area contributed by atoms with Crippen LogP contribution >= 0.6 is 0 Å². The molecule has 7 nitrogen and oxygen atoms in total. The molecule has 0 bridgehead atoms. The van der Waals surface area contributed by atoms with Crippen molar-refractivity contribution in [3.05, 3.63) is 23.8 Å². The maximum atomic E-state index is 12.7. The number of methoxy groups -OCH3 is 1. The largest absolute Gasteiger partial charge is 0.466 e. The summed E-state index contributed by atoms with van der Waals surface area (Å²) in [6, 6.07) is 0. The fourth-order valence-corrected chi connectivity index (χ4v) is 2.24. The Balaban J connectivity index is 1.94. The Morgan fingerprint density at radius 1 is 1.39 bits per heavy atom. The molecule has 10 heteroatoms. The molecule has 0 spiro atoms. The third-order valence-electron chi connectivity index (χ3n) is 3.49. The highest BCUT2D eigenvalue weighted by molar-refractivity contribution is 5.94. The van der Waals surface area contributed by atoms with Crippen LogP contribution in [0.2, 0.25) is 0 Å². The molecule has 1 aromatic rings. The lowest BCUT2D eigenvalue weighted by Gasteiger charge is -2.25. The summed E-state index contributed by atoms with van der Waals surface area (Å²) in [5.41, 5.74) is 0. The molecule has 126 valence electrons. The number of ether oxygens (including phenoxy) is 1. The molecule has 1 N–H and O–H groups in total. The normalized spacial score (nSPS) is 17.8. The van der Waals surface area contributed by atoms with Crippen molar-refractivity contribution >= 4 is 11.9 Å². The molecular formula is C13H15F3N4O3. The number of hydrogen-bond donors (Lipinski definition) is 1. The second-order valence-electron chi connectivity index (χ2n) is 4.99. The highest BCUT2D eigenvalue weighted by atomic mass is 19.4. The zero-order valence-electron chi connectivity index (χ0n) is 12.3. The minimum atomic E-state index is -4.25. The van der Waals surface area contributed by atoms with Crippen LogP contribution in [0.1, 0.15) is 18.1 Å². The number of amides is 1.